The van der Waals surface area contributed by atoms with Crippen molar-refractivity contribution >= 4 is 17.9 Å². The van der Waals surface area contributed by atoms with Gasteiger partial charge in [-0.05, 0) is 34.1 Å². The molecule has 0 radical (unpaired) electrons. The second-order valence-electron chi connectivity index (χ2n) is 5.49. The maximum absolute atomic E-state index is 12.0. The third kappa shape index (κ3) is 9.70. The van der Waals surface area contributed by atoms with Crippen LogP contribution in [0.15, 0.2) is 0 Å². The van der Waals surface area contributed by atoms with E-state index in [9.17, 15) is 14.4 Å². The summed E-state index contributed by atoms with van der Waals surface area (Å²) in [6.07, 6.45) is 0.674. The molecular weight excluding hydrogens is 274 g/mol. The summed E-state index contributed by atoms with van der Waals surface area (Å²) in [7, 11) is 0. The highest BCUT2D eigenvalue weighted by Crippen LogP contribution is 2.02. The Kier molecular flexibility index (Phi) is 9.16. The van der Waals surface area contributed by atoms with E-state index in [0.29, 0.717) is 13.0 Å². The van der Waals surface area contributed by atoms with Crippen LogP contribution in [0, 0.1) is 0 Å². The average Bonchev–Trinajstić information content (AvgIpc) is 2.32. The Bertz CT molecular complexity index is 356. The largest absolute Gasteiger partial charge is 0.481 e. The van der Waals surface area contributed by atoms with Gasteiger partial charge in [0.15, 0.2) is 0 Å². The van der Waals surface area contributed by atoms with Gasteiger partial charge in [0, 0.05) is 38.0 Å². The van der Waals surface area contributed by atoms with Gasteiger partial charge in [0.25, 0.3) is 0 Å². The van der Waals surface area contributed by atoms with Crippen LogP contribution in [-0.4, -0.2) is 53.1 Å². The molecule has 0 fully saturated rings. The lowest BCUT2D eigenvalue weighted by molar-refractivity contribution is -0.137. The zero-order chi connectivity index (χ0) is 16.4. The van der Waals surface area contributed by atoms with Crippen molar-refractivity contribution in [2.75, 3.05) is 13.1 Å². The van der Waals surface area contributed by atoms with Gasteiger partial charge in [-0.1, -0.05) is 0 Å². The molecule has 0 aromatic rings. The fourth-order valence-corrected chi connectivity index (χ4v) is 1.77. The lowest BCUT2D eigenvalue weighted by Crippen LogP contribution is -2.45. The number of urea groups is 1. The smallest absolute Gasteiger partial charge is 0.317 e. The maximum atomic E-state index is 12.0. The lowest BCUT2D eigenvalue weighted by Gasteiger charge is -2.26. The fraction of sp³-hybridized carbons (Fsp3) is 0.786. The number of hydrogen-bond donors (Lipinski definition) is 3. The number of amides is 3. The topological polar surface area (TPSA) is 98.7 Å². The first-order valence-corrected chi connectivity index (χ1v) is 7.29. The predicted octanol–water partition coefficient (Wildman–Crippen LogP) is 1.19. The van der Waals surface area contributed by atoms with E-state index in [1.807, 2.05) is 27.7 Å². The Morgan fingerprint density at radius 1 is 1.10 bits per heavy atom. The quantitative estimate of drug-likeness (QED) is 0.595. The van der Waals surface area contributed by atoms with Crippen LogP contribution in [-0.2, 0) is 9.59 Å². The molecule has 0 spiro atoms. The molecule has 0 unspecified atom stereocenters. The summed E-state index contributed by atoms with van der Waals surface area (Å²) in [5, 5.41) is 14.0. The minimum atomic E-state index is -0.871. The average molecular weight is 301 g/mol. The third-order valence-corrected chi connectivity index (χ3v) is 2.75. The highest BCUT2D eigenvalue weighted by Gasteiger charge is 2.16. The van der Waals surface area contributed by atoms with Gasteiger partial charge in [-0.15, -0.1) is 0 Å². The van der Waals surface area contributed by atoms with Crippen molar-refractivity contribution in [1.82, 2.24) is 15.5 Å². The molecule has 0 aliphatic rings. The Balaban J connectivity index is 4.12. The van der Waals surface area contributed by atoms with Gasteiger partial charge >= 0.3 is 12.0 Å². The number of nitrogens with one attached hydrogen (secondary N) is 2. The summed E-state index contributed by atoms with van der Waals surface area (Å²) < 4.78 is 0. The van der Waals surface area contributed by atoms with Crippen molar-refractivity contribution in [2.24, 2.45) is 0 Å². The van der Waals surface area contributed by atoms with Crippen molar-refractivity contribution in [3.05, 3.63) is 0 Å². The number of rotatable bonds is 9. The van der Waals surface area contributed by atoms with E-state index in [4.69, 9.17) is 5.11 Å². The van der Waals surface area contributed by atoms with E-state index in [-0.39, 0.29) is 43.4 Å². The Hall–Kier alpha value is -1.79. The highest BCUT2D eigenvalue weighted by molar-refractivity contribution is 5.78. The minimum absolute atomic E-state index is 0.0247. The first-order chi connectivity index (χ1) is 9.73. The number of carboxylic acid groups (broad SMARTS) is 1. The molecule has 0 aromatic carbocycles. The molecule has 3 amide bonds. The van der Waals surface area contributed by atoms with E-state index in [2.05, 4.69) is 10.6 Å². The fourth-order valence-electron chi connectivity index (χ4n) is 1.77. The van der Waals surface area contributed by atoms with Crippen molar-refractivity contribution in [2.45, 2.75) is 59.0 Å². The molecular formula is C14H27N3O4. The first kappa shape index (κ1) is 19.2. The summed E-state index contributed by atoms with van der Waals surface area (Å²) in [6.45, 7) is 8.13. The van der Waals surface area contributed by atoms with Crippen LogP contribution in [0.2, 0.25) is 0 Å². The summed E-state index contributed by atoms with van der Waals surface area (Å²) in [4.78, 5) is 35.5. The van der Waals surface area contributed by atoms with E-state index in [1.54, 1.807) is 4.90 Å². The van der Waals surface area contributed by atoms with Gasteiger partial charge in [-0.3, -0.25) is 9.59 Å². The Morgan fingerprint density at radius 3 is 2.19 bits per heavy atom. The van der Waals surface area contributed by atoms with E-state index >= 15 is 0 Å². The van der Waals surface area contributed by atoms with E-state index in [1.165, 1.54) is 0 Å². The molecule has 0 bridgehead atoms. The molecule has 3 N–H and O–H groups in total. The maximum Gasteiger partial charge on any atom is 0.317 e. The molecule has 0 aliphatic heterocycles. The molecule has 122 valence electrons. The minimum Gasteiger partial charge on any atom is -0.481 e. The SMILES string of the molecule is CC(C)NC(=O)CCNC(=O)N(CCCC(=O)O)C(C)C. The number of carbonyl (C=O) groups is 3. The standard InChI is InChI=1S/C14H27N3O4/c1-10(2)16-12(18)7-8-15-14(21)17(11(3)4)9-5-6-13(19)20/h10-11H,5-9H2,1-4H3,(H,15,21)(H,16,18)(H,19,20). The van der Waals surface area contributed by atoms with Gasteiger partial charge in [0.05, 0.1) is 0 Å². The van der Waals surface area contributed by atoms with Gasteiger partial charge in [-0.2, -0.15) is 0 Å². The summed E-state index contributed by atoms with van der Waals surface area (Å²) in [5.41, 5.74) is 0. The zero-order valence-corrected chi connectivity index (χ0v) is 13.3. The highest BCUT2D eigenvalue weighted by atomic mass is 16.4. The normalized spacial score (nSPS) is 10.6. The van der Waals surface area contributed by atoms with Gasteiger partial charge in [-0.25, -0.2) is 4.79 Å². The van der Waals surface area contributed by atoms with Gasteiger partial charge in [0.2, 0.25) is 5.91 Å². The summed E-state index contributed by atoms with van der Waals surface area (Å²) in [6, 6.07) is -0.215. The molecule has 7 nitrogen and oxygen atoms in total. The van der Waals surface area contributed by atoms with Crippen LogP contribution in [0.25, 0.3) is 0 Å². The number of hydrogen-bond acceptors (Lipinski definition) is 3. The number of nitrogens with zero attached hydrogens (tertiary/aromatic N) is 1. The summed E-state index contributed by atoms with van der Waals surface area (Å²) >= 11 is 0. The van der Waals surface area contributed by atoms with E-state index < -0.39 is 5.97 Å². The molecule has 0 heterocycles. The monoisotopic (exact) mass is 301 g/mol. The molecule has 0 rings (SSSR count). The van der Waals surface area contributed by atoms with Crippen LogP contribution < -0.4 is 10.6 Å². The van der Waals surface area contributed by atoms with Gasteiger partial charge < -0.3 is 20.6 Å². The van der Waals surface area contributed by atoms with Crippen LogP contribution in [0.3, 0.4) is 0 Å². The van der Waals surface area contributed by atoms with Crippen molar-refractivity contribution < 1.29 is 19.5 Å². The zero-order valence-electron chi connectivity index (χ0n) is 13.3. The van der Waals surface area contributed by atoms with Crippen LogP contribution in [0.1, 0.15) is 47.0 Å². The summed E-state index contributed by atoms with van der Waals surface area (Å²) in [5.74, 6) is -0.975. The number of aliphatic carboxylic acids is 1. The van der Waals surface area contributed by atoms with Crippen LogP contribution in [0.5, 0.6) is 0 Å². The Morgan fingerprint density at radius 2 is 1.71 bits per heavy atom. The molecule has 21 heavy (non-hydrogen) atoms. The molecule has 0 aromatic heterocycles. The van der Waals surface area contributed by atoms with Crippen molar-refractivity contribution in [3.8, 4) is 0 Å². The molecule has 0 atom stereocenters. The van der Waals surface area contributed by atoms with Crippen LogP contribution >= 0.6 is 0 Å². The Labute approximate surface area is 126 Å². The molecule has 0 saturated heterocycles. The second kappa shape index (κ2) is 10.0. The third-order valence-electron chi connectivity index (χ3n) is 2.75. The predicted molar refractivity (Wildman–Crippen MR) is 80.0 cm³/mol. The molecule has 7 heteroatoms. The van der Waals surface area contributed by atoms with Gasteiger partial charge in [0.1, 0.15) is 0 Å². The first-order valence-electron chi connectivity index (χ1n) is 7.29. The molecule has 0 aliphatic carbocycles. The van der Waals surface area contributed by atoms with E-state index in [0.717, 1.165) is 0 Å². The van der Waals surface area contributed by atoms with Crippen molar-refractivity contribution in [3.63, 3.8) is 0 Å². The number of carboxylic acids is 1. The molecule has 0 saturated carbocycles. The van der Waals surface area contributed by atoms with Crippen LogP contribution in [0.4, 0.5) is 4.79 Å². The van der Waals surface area contributed by atoms with Crippen molar-refractivity contribution in [1.29, 1.82) is 0 Å². The number of carbonyl (C=O) groups excluding carboxylic acids is 2. The second-order valence-corrected chi connectivity index (χ2v) is 5.49. The lowest BCUT2D eigenvalue weighted by atomic mass is 10.2.